The van der Waals surface area contributed by atoms with E-state index in [0.717, 1.165) is 6.07 Å². The molecule has 0 aromatic heterocycles. The molecule has 0 radical (unpaired) electrons. The number of anilines is 1. The standard InChI is InChI=1S/C12H16ClF2N3O2S/c13-10-5-9(14)6-11(15)12(10)17-21(19,20)18-3-1-8(7-16)2-4-18/h5-6,8,17H,1-4,7,16H2. The third kappa shape index (κ3) is 3.82. The molecule has 0 saturated carbocycles. The van der Waals surface area contributed by atoms with Crippen LogP contribution in [0.2, 0.25) is 5.02 Å². The van der Waals surface area contributed by atoms with Gasteiger partial charge >= 0.3 is 10.2 Å². The van der Waals surface area contributed by atoms with Crippen molar-refractivity contribution in [2.45, 2.75) is 12.8 Å². The van der Waals surface area contributed by atoms with Gasteiger partial charge in [-0.15, -0.1) is 0 Å². The third-order valence-electron chi connectivity index (χ3n) is 3.48. The summed E-state index contributed by atoms with van der Waals surface area (Å²) in [4.78, 5) is 0. The summed E-state index contributed by atoms with van der Waals surface area (Å²) < 4.78 is 54.3. The highest BCUT2D eigenvalue weighted by Crippen LogP contribution is 2.28. The minimum atomic E-state index is -3.93. The van der Waals surface area contributed by atoms with Gasteiger partial charge in [-0.3, -0.25) is 4.72 Å². The van der Waals surface area contributed by atoms with E-state index < -0.39 is 27.5 Å². The number of rotatable bonds is 4. The van der Waals surface area contributed by atoms with Gasteiger partial charge in [0.15, 0.2) is 5.82 Å². The zero-order valence-corrected chi connectivity index (χ0v) is 12.7. The number of piperidine rings is 1. The minimum Gasteiger partial charge on any atom is -0.330 e. The molecule has 3 N–H and O–H groups in total. The highest BCUT2D eigenvalue weighted by molar-refractivity contribution is 7.90. The van der Waals surface area contributed by atoms with Crippen molar-refractivity contribution in [1.29, 1.82) is 0 Å². The molecule has 0 spiro atoms. The molecule has 9 heteroatoms. The molecule has 0 bridgehead atoms. The molecular formula is C12H16ClF2N3O2S. The van der Waals surface area contributed by atoms with Crippen molar-refractivity contribution >= 4 is 27.5 Å². The fourth-order valence-electron chi connectivity index (χ4n) is 2.22. The Morgan fingerprint density at radius 3 is 2.48 bits per heavy atom. The van der Waals surface area contributed by atoms with Gasteiger partial charge in [-0.25, -0.2) is 8.78 Å². The molecule has 1 fully saturated rings. The Morgan fingerprint density at radius 2 is 1.95 bits per heavy atom. The average Bonchev–Trinajstić information content (AvgIpc) is 2.43. The van der Waals surface area contributed by atoms with E-state index in [0.29, 0.717) is 44.5 Å². The van der Waals surface area contributed by atoms with Gasteiger partial charge in [0.25, 0.3) is 0 Å². The molecule has 2 rings (SSSR count). The lowest BCUT2D eigenvalue weighted by Crippen LogP contribution is -2.42. The van der Waals surface area contributed by atoms with Crippen LogP contribution in [0, 0.1) is 17.6 Å². The fraction of sp³-hybridized carbons (Fsp3) is 0.500. The van der Waals surface area contributed by atoms with Crippen LogP contribution in [-0.4, -0.2) is 32.4 Å². The topological polar surface area (TPSA) is 75.4 Å². The van der Waals surface area contributed by atoms with Crippen molar-refractivity contribution in [3.8, 4) is 0 Å². The molecule has 1 aromatic carbocycles. The zero-order valence-electron chi connectivity index (χ0n) is 11.2. The molecule has 0 aliphatic carbocycles. The third-order valence-corrected chi connectivity index (χ3v) is 5.29. The molecule has 0 atom stereocenters. The van der Waals surface area contributed by atoms with E-state index in [1.54, 1.807) is 0 Å². The van der Waals surface area contributed by atoms with Crippen molar-refractivity contribution in [2.75, 3.05) is 24.4 Å². The van der Waals surface area contributed by atoms with E-state index in [1.807, 2.05) is 0 Å². The Hall–Kier alpha value is -0.960. The first-order valence-electron chi connectivity index (χ1n) is 6.46. The van der Waals surface area contributed by atoms with E-state index in [-0.39, 0.29) is 5.02 Å². The summed E-state index contributed by atoms with van der Waals surface area (Å²) in [6.07, 6.45) is 1.30. The van der Waals surface area contributed by atoms with Crippen LogP contribution in [0.15, 0.2) is 12.1 Å². The lowest BCUT2D eigenvalue weighted by atomic mass is 9.99. The largest absolute Gasteiger partial charge is 0.330 e. The summed E-state index contributed by atoms with van der Waals surface area (Å²) in [6, 6.07) is 1.42. The Bertz CT molecular complexity index is 596. The van der Waals surface area contributed by atoms with E-state index in [2.05, 4.69) is 4.72 Å². The second-order valence-corrected chi connectivity index (χ2v) is 7.01. The van der Waals surface area contributed by atoms with Crippen LogP contribution in [-0.2, 0) is 10.2 Å². The summed E-state index contributed by atoms with van der Waals surface area (Å²) in [7, 11) is -3.93. The molecule has 21 heavy (non-hydrogen) atoms. The van der Waals surface area contributed by atoms with Crippen molar-refractivity contribution < 1.29 is 17.2 Å². The molecule has 0 amide bonds. The Balaban J connectivity index is 2.15. The maximum Gasteiger partial charge on any atom is 0.301 e. The highest BCUT2D eigenvalue weighted by Gasteiger charge is 2.28. The summed E-state index contributed by atoms with van der Waals surface area (Å²) in [5.41, 5.74) is 5.10. The van der Waals surface area contributed by atoms with Gasteiger partial charge in [-0.2, -0.15) is 12.7 Å². The first-order valence-corrected chi connectivity index (χ1v) is 8.28. The van der Waals surface area contributed by atoms with Crippen molar-refractivity contribution in [3.63, 3.8) is 0 Å². The summed E-state index contributed by atoms with van der Waals surface area (Å²) in [6.45, 7) is 1.12. The van der Waals surface area contributed by atoms with E-state index in [1.165, 1.54) is 4.31 Å². The SMILES string of the molecule is NCC1CCN(S(=O)(=O)Nc2c(F)cc(F)cc2Cl)CC1. The van der Waals surface area contributed by atoms with Gasteiger partial charge in [0, 0.05) is 19.2 Å². The first-order chi connectivity index (χ1) is 9.83. The Morgan fingerprint density at radius 1 is 1.33 bits per heavy atom. The van der Waals surface area contributed by atoms with Crippen LogP contribution >= 0.6 is 11.6 Å². The molecule has 1 aromatic rings. The quantitative estimate of drug-likeness (QED) is 0.880. The summed E-state index contributed by atoms with van der Waals surface area (Å²) in [5.74, 6) is -1.63. The van der Waals surface area contributed by atoms with Gasteiger partial charge in [0.05, 0.1) is 5.02 Å². The highest BCUT2D eigenvalue weighted by atomic mass is 35.5. The Labute approximate surface area is 127 Å². The van der Waals surface area contributed by atoms with Crippen molar-refractivity contribution in [3.05, 3.63) is 28.8 Å². The van der Waals surface area contributed by atoms with Gasteiger partial charge in [-0.1, -0.05) is 11.6 Å². The molecular weight excluding hydrogens is 324 g/mol. The number of nitrogens with one attached hydrogen (secondary N) is 1. The van der Waals surface area contributed by atoms with Crippen LogP contribution < -0.4 is 10.5 Å². The molecule has 1 aliphatic heterocycles. The smallest absolute Gasteiger partial charge is 0.301 e. The molecule has 1 saturated heterocycles. The molecule has 118 valence electrons. The lowest BCUT2D eigenvalue weighted by Gasteiger charge is -2.30. The second-order valence-electron chi connectivity index (χ2n) is 4.93. The van der Waals surface area contributed by atoms with Crippen LogP contribution in [0.25, 0.3) is 0 Å². The monoisotopic (exact) mass is 339 g/mol. The fourth-order valence-corrected chi connectivity index (χ4v) is 3.80. The zero-order chi connectivity index (χ0) is 15.6. The van der Waals surface area contributed by atoms with Gasteiger partial charge < -0.3 is 5.73 Å². The predicted molar refractivity (Wildman–Crippen MR) is 77.3 cm³/mol. The number of nitrogens with zero attached hydrogens (tertiary/aromatic N) is 1. The van der Waals surface area contributed by atoms with Crippen LogP contribution in [0.3, 0.4) is 0 Å². The molecule has 5 nitrogen and oxygen atoms in total. The number of nitrogens with two attached hydrogens (primary N) is 1. The van der Waals surface area contributed by atoms with Crippen molar-refractivity contribution in [2.24, 2.45) is 11.7 Å². The predicted octanol–water partition coefficient (Wildman–Crippen LogP) is 1.95. The lowest BCUT2D eigenvalue weighted by molar-refractivity contribution is 0.280. The van der Waals surface area contributed by atoms with Crippen molar-refractivity contribution in [1.82, 2.24) is 4.31 Å². The van der Waals surface area contributed by atoms with Gasteiger partial charge in [-0.05, 0) is 31.4 Å². The van der Waals surface area contributed by atoms with Crippen LogP contribution in [0.4, 0.5) is 14.5 Å². The van der Waals surface area contributed by atoms with Crippen LogP contribution in [0.1, 0.15) is 12.8 Å². The average molecular weight is 340 g/mol. The second kappa shape index (κ2) is 6.43. The first kappa shape index (κ1) is 16.4. The number of benzene rings is 1. The number of hydrogen-bond acceptors (Lipinski definition) is 3. The Kier molecular flexibility index (Phi) is 5.03. The van der Waals surface area contributed by atoms with Crippen LogP contribution in [0.5, 0.6) is 0 Å². The number of halogens is 3. The summed E-state index contributed by atoms with van der Waals surface area (Å²) in [5, 5.41) is -0.326. The van der Waals surface area contributed by atoms with Gasteiger partial charge in [0.2, 0.25) is 0 Å². The summed E-state index contributed by atoms with van der Waals surface area (Å²) >= 11 is 5.68. The van der Waals surface area contributed by atoms with E-state index in [9.17, 15) is 17.2 Å². The minimum absolute atomic E-state index is 0.294. The molecule has 1 heterocycles. The maximum atomic E-state index is 13.6. The number of hydrogen-bond donors (Lipinski definition) is 2. The van der Waals surface area contributed by atoms with Gasteiger partial charge in [0.1, 0.15) is 11.5 Å². The van der Waals surface area contributed by atoms with E-state index in [4.69, 9.17) is 17.3 Å². The molecule has 0 unspecified atom stereocenters. The van der Waals surface area contributed by atoms with E-state index >= 15 is 0 Å². The molecule has 1 aliphatic rings. The normalized spacial score (nSPS) is 17.9. The maximum absolute atomic E-state index is 13.6.